The summed E-state index contributed by atoms with van der Waals surface area (Å²) in [6, 6.07) is 13.4. The van der Waals surface area contributed by atoms with Crippen LogP contribution in [-0.2, 0) is 6.42 Å². The van der Waals surface area contributed by atoms with Gasteiger partial charge in [-0.05, 0) is 81.4 Å². The van der Waals surface area contributed by atoms with Crippen LogP contribution in [0.2, 0.25) is 0 Å². The summed E-state index contributed by atoms with van der Waals surface area (Å²) in [4.78, 5) is 11.9. The van der Waals surface area contributed by atoms with Crippen molar-refractivity contribution < 1.29 is 9.53 Å². The van der Waals surface area contributed by atoms with Gasteiger partial charge in [0.25, 0.3) is 5.91 Å². The van der Waals surface area contributed by atoms with Gasteiger partial charge < -0.3 is 10.1 Å². The SMILES string of the molecule is COc1c(I)cc(CCNC(=O)c2ccccc2)cc1I. The van der Waals surface area contributed by atoms with Gasteiger partial charge in [-0.15, -0.1) is 0 Å². The first-order valence-electron chi connectivity index (χ1n) is 6.47. The highest BCUT2D eigenvalue weighted by Gasteiger charge is 2.08. The van der Waals surface area contributed by atoms with Crippen LogP contribution in [0.5, 0.6) is 5.75 Å². The topological polar surface area (TPSA) is 38.3 Å². The molecule has 0 aromatic heterocycles. The molecule has 0 spiro atoms. The van der Waals surface area contributed by atoms with Crippen molar-refractivity contribution in [3.63, 3.8) is 0 Å². The first-order chi connectivity index (χ1) is 10.1. The quantitative estimate of drug-likeness (QED) is 0.625. The Labute approximate surface area is 151 Å². The minimum absolute atomic E-state index is 0.0338. The van der Waals surface area contributed by atoms with E-state index in [0.29, 0.717) is 12.1 Å². The van der Waals surface area contributed by atoms with Crippen LogP contribution < -0.4 is 10.1 Å². The van der Waals surface area contributed by atoms with Crippen LogP contribution in [0.25, 0.3) is 0 Å². The normalized spacial score (nSPS) is 10.2. The highest BCUT2D eigenvalue weighted by molar-refractivity contribution is 14.1. The van der Waals surface area contributed by atoms with Gasteiger partial charge in [0, 0.05) is 12.1 Å². The number of amides is 1. The van der Waals surface area contributed by atoms with Crippen molar-refractivity contribution in [1.82, 2.24) is 5.32 Å². The van der Waals surface area contributed by atoms with E-state index in [1.54, 1.807) is 7.11 Å². The van der Waals surface area contributed by atoms with Gasteiger partial charge in [-0.25, -0.2) is 0 Å². The van der Waals surface area contributed by atoms with Gasteiger partial charge in [-0.1, -0.05) is 18.2 Å². The summed E-state index contributed by atoms with van der Waals surface area (Å²) in [5.41, 5.74) is 1.88. The lowest BCUT2D eigenvalue weighted by Crippen LogP contribution is -2.25. The van der Waals surface area contributed by atoms with Crippen LogP contribution in [0.4, 0.5) is 0 Å². The Hall–Kier alpha value is -0.830. The highest BCUT2D eigenvalue weighted by Crippen LogP contribution is 2.28. The molecule has 0 aliphatic rings. The number of benzene rings is 2. The van der Waals surface area contributed by atoms with Gasteiger partial charge in [0.15, 0.2) is 0 Å². The van der Waals surface area contributed by atoms with Crippen molar-refractivity contribution in [3.05, 3.63) is 60.7 Å². The molecular formula is C16H15I2NO2. The molecule has 0 fully saturated rings. The Kier molecular flexibility index (Phi) is 6.28. The highest BCUT2D eigenvalue weighted by atomic mass is 127. The number of carbonyl (C=O) groups excluding carboxylic acids is 1. The van der Waals surface area contributed by atoms with E-state index >= 15 is 0 Å². The van der Waals surface area contributed by atoms with E-state index in [1.807, 2.05) is 30.3 Å². The minimum atomic E-state index is -0.0338. The van der Waals surface area contributed by atoms with Crippen LogP contribution in [0.3, 0.4) is 0 Å². The van der Waals surface area contributed by atoms with E-state index in [4.69, 9.17) is 4.74 Å². The summed E-state index contributed by atoms with van der Waals surface area (Å²) in [6.45, 7) is 0.617. The third-order valence-electron chi connectivity index (χ3n) is 3.00. The minimum Gasteiger partial charge on any atom is -0.495 e. The molecule has 0 radical (unpaired) electrons. The molecule has 2 aromatic rings. The van der Waals surface area contributed by atoms with E-state index in [9.17, 15) is 4.79 Å². The van der Waals surface area contributed by atoms with Crippen LogP contribution >= 0.6 is 45.2 Å². The summed E-state index contributed by atoms with van der Waals surface area (Å²) >= 11 is 4.54. The van der Waals surface area contributed by atoms with E-state index in [0.717, 1.165) is 19.3 Å². The summed E-state index contributed by atoms with van der Waals surface area (Å²) in [7, 11) is 1.68. The van der Waals surface area contributed by atoms with Crippen molar-refractivity contribution in [2.45, 2.75) is 6.42 Å². The van der Waals surface area contributed by atoms with Crippen LogP contribution in [-0.4, -0.2) is 19.6 Å². The Morgan fingerprint density at radius 1 is 1.14 bits per heavy atom. The fourth-order valence-electron chi connectivity index (χ4n) is 1.96. The molecule has 0 saturated carbocycles. The number of methoxy groups -OCH3 is 1. The van der Waals surface area contributed by atoms with Gasteiger partial charge in [0.1, 0.15) is 5.75 Å². The number of halogens is 2. The molecule has 0 aliphatic heterocycles. The molecule has 110 valence electrons. The molecule has 0 atom stereocenters. The average Bonchev–Trinajstić information content (AvgIpc) is 2.48. The first-order valence-corrected chi connectivity index (χ1v) is 8.62. The third-order valence-corrected chi connectivity index (χ3v) is 4.60. The Morgan fingerprint density at radius 3 is 2.33 bits per heavy atom. The fraction of sp³-hybridized carbons (Fsp3) is 0.188. The first kappa shape index (κ1) is 16.5. The number of nitrogens with one attached hydrogen (secondary N) is 1. The molecule has 21 heavy (non-hydrogen) atoms. The molecule has 0 heterocycles. The molecule has 1 amide bonds. The largest absolute Gasteiger partial charge is 0.495 e. The third kappa shape index (κ3) is 4.57. The Bertz CT molecular complexity index is 606. The Morgan fingerprint density at radius 2 is 1.76 bits per heavy atom. The number of carbonyl (C=O) groups is 1. The zero-order valence-electron chi connectivity index (χ0n) is 11.5. The van der Waals surface area contributed by atoms with E-state index < -0.39 is 0 Å². The molecule has 0 saturated heterocycles. The van der Waals surface area contributed by atoms with Crippen molar-refractivity contribution in [3.8, 4) is 5.75 Å². The van der Waals surface area contributed by atoms with Crippen molar-refractivity contribution in [2.24, 2.45) is 0 Å². The molecule has 2 rings (SSSR count). The maximum atomic E-state index is 11.9. The molecule has 0 aliphatic carbocycles. The second-order valence-corrected chi connectivity index (χ2v) is 6.79. The number of ether oxygens (including phenoxy) is 1. The molecule has 1 N–H and O–H groups in total. The van der Waals surface area contributed by atoms with Crippen LogP contribution in [0, 0.1) is 7.14 Å². The standard InChI is InChI=1S/C16H15I2NO2/c1-21-15-13(17)9-11(10-14(15)18)7-8-19-16(20)12-5-3-2-4-6-12/h2-6,9-10H,7-8H2,1H3,(H,19,20). The van der Waals surface area contributed by atoms with Crippen molar-refractivity contribution in [2.75, 3.05) is 13.7 Å². The number of hydrogen-bond acceptors (Lipinski definition) is 2. The van der Waals surface area contributed by atoms with E-state index in [1.165, 1.54) is 5.56 Å². The lowest BCUT2D eigenvalue weighted by Gasteiger charge is -2.10. The second-order valence-electron chi connectivity index (χ2n) is 4.46. The van der Waals surface area contributed by atoms with Crippen molar-refractivity contribution >= 4 is 51.1 Å². The zero-order chi connectivity index (χ0) is 15.2. The predicted molar refractivity (Wildman–Crippen MR) is 101 cm³/mol. The van der Waals surface area contributed by atoms with Gasteiger partial charge in [-0.3, -0.25) is 4.79 Å². The van der Waals surface area contributed by atoms with Crippen molar-refractivity contribution in [1.29, 1.82) is 0 Å². The zero-order valence-corrected chi connectivity index (χ0v) is 15.8. The molecular weight excluding hydrogens is 492 g/mol. The maximum Gasteiger partial charge on any atom is 0.251 e. The van der Waals surface area contributed by atoms with Gasteiger partial charge >= 0.3 is 0 Å². The van der Waals surface area contributed by atoms with Crippen LogP contribution in [0.1, 0.15) is 15.9 Å². The average molecular weight is 507 g/mol. The van der Waals surface area contributed by atoms with Crippen LogP contribution in [0.15, 0.2) is 42.5 Å². The molecule has 2 aromatic carbocycles. The maximum absolute atomic E-state index is 11.9. The lowest BCUT2D eigenvalue weighted by molar-refractivity contribution is 0.0954. The van der Waals surface area contributed by atoms with E-state index in [2.05, 4.69) is 62.6 Å². The predicted octanol–water partition coefficient (Wildman–Crippen LogP) is 3.88. The lowest BCUT2D eigenvalue weighted by atomic mass is 10.1. The number of hydrogen-bond donors (Lipinski definition) is 1. The van der Waals surface area contributed by atoms with Gasteiger partial charge in [-0.2, -0.15) is 0 Å². The van der Waals surface area contributed by atoms with E-state index in [-0.39, 0.29) is 5.91 Å². The summed E-state index contributed by atoms with van der Waals surface area (Å²) in [5.74, 6) is 0.877. The molecule has 0 bridgehead atoms. The summed E-state index contributed by atoms with van der Waals surface area (Å²) < 4.78 is 7.53. The van der Waals surface area contributed by atoms with Gasteiger partial charge in [0.05, 0.1) is 14.3 Å². The molecule has 0 unspecified atom stereocenters. The summed E-state index contributed by atoms with van der Waals surface area (Å²) in [6.07, 6.45) is 0.800. The second kappa shape index (κ2) is 7.98. The number of rotatable bonds is 5. The summed E-state index contributed by atoms with van der Waals surface area (Å²) in [5, 5.41) is 2.94. The molecule has 3 nitrogen and oxygen atoms in total. The van der Waals surface area contributed by atoms with Gasteiger partial charge in [0.2, 0.25) is 0 Å². The fourth-order valence-corrected chi connectivity index (χ4v) is 4.30. The Balaban J connectivity index is 1.94. The smallest absolute Gasteiger partial charge is 0.251 e. The molecule has 5 heteroatoms. The monoisotopic (exact) mass is 507 g/mol.